The molecular formula is C14H16N2O6S2. The monoisotopic (exact) mass is 372 g/mol. The number of benzene rings is 1. The Hall–Kier alpha value is -2.30. The second kappa shape index (κ2) is 7.51. The van der Waals surface area contributed by atoms with E-state index in [1.807, 2.05) is 4.83 Å². The van der Waals surface area contributed by atoms with Crippen LogP contribution in [0.3, 0.4) is 0 Å². The van der Waals surface area contributed by atoms with Gasteiger partial charge in [-0.25, -0.2) is 8.42 Å². The topological polar surface area (TPSA) is 103 Å². The Morgan fingerprint density at radius 1 is 1.08 bits per heavy atom. The van der Waals surface area contributed by atoms with E-state index < -0.39 is 15.9 Å². The van der Waals surface area contributed by atoms with E-state index >= 15 is 0 Å². The van der Waals surface area contributed by atoms with Crippen molar-refractivity contribution in [2.24, 2.45) is 0 Å². The number of carbonyl (C=O) groups excluding carboxylic acids is 1. The first-order valence-electron chi connectivity index (χ1n) is 6.58. The van der Waals surface area contributed by atoms with Crippen LogP contribution in [0.25, 0.3) is 0 Å². The van der Waals surface area contributed by atoms with Crippen LogP contribution in [0.1, 0.15) is 10.4 Å². The van der Waals surface area contributed by atoms with Crippen LogP contribution in [0, 0.1) is 0 Å². The summed E-state index contributed by atoms with van der Waals surface area (Å²) in [6.45, 7) is 0. The highest BCUT2D eigenvalue weighted by atomic mass is 32.2. The zero-order valence-corrected chi connectivity index (χ0v) is 14.8. The number of carbonyl (C=O) groups is 1. The first-order valence-corrected chi connectivity index (χ1v) is 8.95. The lowest BCUT2D eigenvalue weighted by atomic mass is 10.1. The summed E-state index contributed by atoms with van der Waals surface area (Å²) in [6.07, 6.45) is 0. The molecule has 0 saturated heterocycles. The number of ether oxygens (including phenoxy) is 3. The fourth-order valence-electron chi connectivity index (χ4n) is 1.86. The molecule has 0 aliphatic rings. The summed E-state index contributed by atoms with van der Waals surface area (Å²) in [5, 5.41) is 1.62. The highest BCUT2D eigenvalue weighted by Crippen LogP contribution is 2.38. The van der Waals surface area contributed by atoms with Crippen LogP contribution in [0.2, 0.25) is 0 Å². The van der Waals surface area contributed by atoms with E-state index in [2.05, 4.69) is 5.43 Å². The predicted octanol–water partition coefficient (Wildman–Crippen LogP) is 1.40. The van der Waals surface area contributed by atoms with Gasteiger partial charge in [0.2, 0.25) is 5.75 Å². The number of sulfonamides is 1. The van der Waals surface area contributed by atoms with Crippen molar-refractivity contribution < 1.29 is 27.4 Å². The summed E-state index contributed by atoms with van der Waals surface area (Å²) < 4.78 is 39.5. The van der Waals surface area contributed by atoms with Crippen LogP contribution >= 0.6 is 11.3 Å². The molecule has 10 heteroatoms. The number of rotatable bonds is 7. The van der Waals surface area contributed by atoms with Crippen molar-refractivity contribution in [3.05, 3.63) is 35.2 Å². The normalized spacial score (nSPS) is 11.0. The highest BCUT2D eigenvalue weighted by molar-refractivity contribution is 7.91. The standard InChI is InChI=1S/C14H16N2O6S2/c1-20-10-7-9(8-11(21-2)13(10)22-3)14(17)15-16-24(18,19)12-5-4-6-23-12/h4-8,16H,1-3H3,(H,15,17). The molecule has 0 aliphatic heterocycles. The molecule has 1 aromatic heterocycles. The molecule has 0 fully saturated rings. The summed E-state index contributed by atoms with van der Waals surface area (Å²) in [5.41, 5.74) is 2.28. The Bertz CT molecular complexity index is 793. The van der Waals surface area contributed by atoms with Crippen LogP contribution in [0.5, 0.6) is 17.2 Å². The minimum Gasteiger partial charge on any atom is -0.493 e. The number of hydrogen-bond acceptors (Lipinski definition) is 7. The molecule has 0 spiro atoms. The molecule has 0 saturated carbocycles. The van der Waals surface area contributed by atoms with Gasteiger partial charge in [0, 0.05) is 5.56 Å². The van der Waals surface area contributed by atoms with E-state index in [1.165, 1.54) is 39.5 Å². The second-order valence-corrected chi connectivity index (χ2v) is 7.26. The lowest BCUT2D eigenvalue weighted by molar-refractivity contribution is 0.0944. The van der Waals surface area contributed by atoms with Gasteiger partial charge in [0.25, 0.3) is 15.9 Å². The SMILES string of the molecule is COc1cc(C(=O)NNS(=O)(=O)c2cccs2)cc(OC)c1OC. The van der Waals surface area contributed by atoms with E-state index in [4.69, 9.17) is 14.2 Å². The van der Waals surface area contributed by atoms with Crippen molar-refractivity contribution in [2.75, 3.05) is 21.3 Å². The third-order valence-corrected chi connectivity index (χ3v) is 5.63. The molecule has 2 aromatic rings. The van der Waals surface area contributed by atoms with Crippen molar-refractivity contribution >= 4 is 27.3 Å². The number of hydrazine groups is 1. The van der Waals surface area contributed by atoms with Gasteiger partial charge in [0.1, 0.15) is 4.21 Å². The van der Waals surface area contributed by atoms with E-state index in [1.54, 1.807) is 11.4 Å². The van der Waals surface area contributed by atoms with E-state index in [0.29, 0.717) is 5.75 Å². The van der Waals surface area contributed by atoms with E-state index in [0.717, 1.165) is 11.3 Å². The average Bonchev–Trinajstić information content (AvgIpc) is 3.13. The number of hydrogen-bond donors (Lipinski definition) is 2. The number of methoxy groups -OCH3 is 3. The maximum atomic E-state index is 12.2. The zero-order chi connectivity index (χ0) is 17.7. The Morgan fingerprint density at radius 3 is 2.17 bits per heavy atom. The van der Waals surface area contributed by atoms with Crippen molar-refractivity contribution in [3.63, 3.8) is 0 Å². The van der Waals surface area contributed by atoms with Crippen LogP contribution in [-0.4, -0.2) is 35.7 Å². The molecule has 8 nitrogen and oxygen atoms in total. The fraction of sp³-hybridized carbons (Fsp3) is 0.214. The molecule has 1 aromatic carbocycles. The van der Waals surface area contributed by atoms with Crippen LogP contribution in [0.4, 0.5) is 0 Å². The fourth-order valence-corrected chi connectivity index (χ4v) is 3.70. The third kappa shape index (κ3) is 3.78. The van der Waals surface area contributed by atoms with Gasteiger partial charge in [0.05, 0.1) is 21.3 Å². The minimum atomic E-state index is -3.81. The summed E-state index contributed by atoms with van der Waals surface area (Å²) >= 11 is 1.04. The molecule has 24 heavy (non-hydrogen) atoms. The number of nitrogens with one attached hydrogen (secondary N) is 2. The van der Waals surface area contributed by atoms with Gasteiger partial charge in [0.15, 0.2) is 11.5 Å². The molecular weight excluding hydrogens is 356 g/mol. The molecule has 0 bridgehead atoms. The molecule has 130 valence electrons. The van der Waals surface area contributed by atoms with Gasteiger partial charge in [-0.15, -0.1) is 16.2 Å². The first kappa shape index (κ1) is 18.0. The molecule has 0 unspecified atom stereocenters. The summed E-state index contributed by atoms with van der Waals surface area (Å²) in [6, 6.07) is 5.85. The minimum absolute atomic E-state index is 0.0905. The zero-order valence-electron chi connectivity index (χ0n) is 13.2. The Kier molecular flexibility index (Phi) is 5.65. The Labute approximate surface area is 143 Å². The van der Waals surface area contributed by atoms with Gasteiger partial charge in [-0.05, 0) is 23.6 Å². The average molecular weight is 372 g/mol. The smallest absolute Gasteiger partial charge is 0.266 e. The third-order valence-electron chi connectivity index (χ3n) is 2.99. The van der Waals surface area contributed by atoms with Crippen molar-refractivity contribution in [1.82, 2.24) is 10.3 Å². The molecule has 1 amide bonds. The largest absolute Gasteiger partial charge is 0.493 e. The van der Waals surface area contributed by atoms with Gasteiger partial charge in [-0.2, -0.15) is 0 Å². The predicted molar refractivity (Wildman–Crippen MR) is 88.2 cm³/mol. The maximum Gasteiger partial charge on any atom is 0.266 e. The van der Waals surface area contributed by atoms with Crippen LogP contribution < -0.4 is 24.5 Å². The first-order chi connectivity index (χ1) is 11.4. The highest BCUT2D eigenvalue weighted by Gasteiger charge is 2.19. The summed E-state index contributed by atoms with van der Waals surface area (Å²) in [4.78, 5) is 14.2. The van der Waals surface area contributed by atoms with Crippen molar-refractivity contribution in [3.8, 4) is 17.2 Å². The van der Waals surface area contributed by atoms with Gasteiger partial charge in [-0.1, -0.05) is 6.07 Å². The van der Waals surface area contributed by atoms with Gasteiger partial charge < -0.3 is 14.2 Å². The quantitative estimate of drug-likeness (QED) is 0.712. The Balaban J connectivity index is 2.21. The summed E-state index contributed by atoms with van der Waals surface area (Å²) in [7, 11) is 0.455. The van der Waals surface area contributed by atoms with Crippen LogP contribution in [-0.2, 0) is 10.0 Å². The lowest BCUT2D eigenvalue weighted by Crippen LogP contribution is -2.41. The van der Waals surface area contributed by atoms with Gasteiger partial charge >= 0.3 is 0 Å². The maximum absolute atomic E-state index is 12.2. The molecule has 1 heterocycles. The number of thiophene rings is 1. The van der Waals surface area contributed by atoms with Crippen molar-refractivity contribution in [2.45, 2.75) is 4.21 Å². The number of amides is 1. The van der Waals surface area contributed by atoms with Crippen LogP contribution in [0.15, 0.2) is 33.9 Å². The molecule has 0 radical (unpaired) electrons. The molecule has 2 N–H and O–H groups in total. The second-order valence-electron chi connectivity index (χ2n) is 4.41. The summed E-state index contributed by atoms with van der Waals surface area (Å²) in [5.74, 6) is 0.219. The lowest BCUT2D eigenvalue weighted by Gasteiger charge is -2.14. The molecule has 0 aliphatic carbocycles. The van der Waals surface area contributed by atoms with E-state index in [9.17, 15) is 13.2 Å². The molecule has 0 atom stereocenters. The van der Waals surface area contributed by atoms with Crippen molar-refractivity contribution in [1.29, 1.82) is 0 Å². The Morgan fingerprint density at radius 2 is 1.71 bits per heavy atom. The van der Waals surface area contributed by atoms with E-state index in [-0.39, 0.29) is 21.3 Å². The van der Waals surface area contributed by atoms with Gasteiger partial charge in [-0.3, -0.25) is 10.2 Å². The molecule has 2 rings (SSSR count).